The maximum Gasteiger partial charge on any atom is 0.242 e. The van der Waals surface area contributed by atoms with Gasteiger partial charge in [0.2, 0.25) is 11.8 Å². The van der Waals surface area contributed by atoms with Gasteiger partial charge in [-0.2, -0.15) is 0 Å². The van der Waals surface area contributed by atoms with Crippen molar-refractivity contribution in [2.24, 2.45) is 0 Å². The molecule has 2 aromatic rings. The summed E-state index contributed by atoms with van der Waals surface area (Å²) in [5.74, 6) is -0.127. The van der Waals surface area contributed by atoms with Gasteiger partial charge in [0, 0.05) is 45.0 Å². The Labute approximate surface area is 160 Å². The number of amides is 2. The molecule has 6 heteroatoms. The van der Waals surface area contributed by atoms with Gasteiger partial charge >= 0.3 is 0 Å². The van der Waals surface area contributed by atoms with Gasteiger partial charge in [-0.1, -0.05) is 18.2 Å². The Morgan fingerprint density at radius 3 is 2.48 bits per heavy atom. The SMILES string of the molecule is CC(=O)N(CC(=O)N1CCN(c2cccc(C)c2)CC1)Cc1ccccn1. The van der Waals surface area contributed by atoms with Crippen LogP contribution in [0, 0.1) is 6.92 Å². The molecule has 0 saturated carbocycles. The van der Waals surface area contributed by atoms with Crippen LogP contribution in [-0.2, 0) is 16.1 Å². The summed E-state index contributed by atoms with van der Waals surface area (Å²) < 4.78 is 0. The number of anilines is 1. The fourth-order valence-electron chi connectivity index (χ4n) is 3.27. The summed E-state index contributed by atoms with van der Waals surface area (Å²) >= 11 is 0. The molecule has 0 bridgehead atoms. The van der Waals surface area contributed by atoms with Crippen LogP contribution in [0.15, 0.2) is 48.7 Å². The molecule has 1 saturated heterocycles. The molecule has 1 aliphatic rings. The van der Waals surface area contributed by atoms with Gasteiger partial charge < -0.3 is 14.7 Å². The highest BCUT2D eigenvalue weighted by atomic mass is 16.2. The second-order valence-electron chi connectivity index (χ2n) is 6.90. The van der Waals surface area contributed by atoms with E-state index in [9.17, 15) is 9.59 Å². The van der Waals surface area contributed by atoms with Crippen molar-refractivity contribution in [3.8, 4) is 0 Å². The zero-order chi connectivity index (χ0) is 19.2. The Kier molecular flexibility index (Phi) is 6.06. The topological polar surface area (TPSA) is 56.8 Å². The minimum Gasteiger partial charge on any atom is -0.368 e. The molecular formula is C21H26N4O2. The molecule has 0 N–H and O–H groups in total. The molecule has 6 nitrogen and oxygen atoms in total. The third-order valence-corrected chi connectivity index (χ3v) is 4.85. The summed E-state index contributed by atoms with van der Waals surface area (Å²) in [6.07, 6.45) is 1.69. The van der Waals surface area contributed by atoms with Crippen molar-refractivity contribution in [1.82, 2.24) is 14.8 Å². The largest absolute Gasteiger partial charge is 0.368 e. The van der Waals surface area contributed by atoms with Crippen molar-refractivity contribution in [1.29, 1.82) is 0 Å². The summed E-state index contributed by atoms with van der Waals surface area (Å²) in [6.45, 7) is 6.96. The Morgan fingerprint density at radius 2 is 1.85 bits per heavy atom. The van der Waals surface area contributed by atoms with Crippen molar-refractivity contribution in [2.75, 3.05) is 37.6 Å². The second kappa shape index (κ2) is 8.66. The molecule has 1 fully saturated rings. The van der Waals surface area contributed by atoms with Gasteiger partial charge in [0.15, 0.2) is 0 Å². The second-order valence-corrected chi connectivity index (χ2v) is 6.90. The molecule has 1 aliphatic heterocycles. The summed E-state index contributed by atoms with van der Waals surface area (Å²) in [6, 6.07) is 14.0. The number of piperazine rings is 1. The maximum absolute atomic E-state index is 12.7. The quantitative estimate of drug-likeness (QED) is 0.813. The number of carbonyl (C=O) groups is 2. The number of carbonyl (C=O) groups excluding carboxylic acids is 2. The van der Waals surface area contributed by atoms with Crippen molar-refractivity contribution in [3.63, 3.8) is 0 Å². The molecule has 0 unspecified atom stereocenters. The van der Waals surface area contributed by atoms with Crippen LogP contribution in [0.1, 0.15) is 18.2 Å². The Hall–Kier alpha value is -2.89. The van der Waals surface area contributed by atoms with Gasteiger partial charge in [-0.3, -0.25) is 14.6 Å². The average Bonchev–Trinajstić information content (AvgIpc) is 2.68. The van der Waals surface area contributed by atoms with Crippen LogP contribution in [0.5, 0.6) is 0 Å². The minimum atomic E-state index is -0.118. The number of benzene rings is 1. The van der Waals surface area contributed by atoms with E-state index in [1.165, 1.54) is 18.2 Å². The zero-order valence-corrected chi connectivity index (χ0v) is 16.0. The van der Waals surface area contributed by atoms with E-state index in [1.54, 1.807) is 11.1 Å². The maximum atomic E-state index is 12.7. The van der Waals surface area contributed by atoms with Crippen molar-refractivity contribution < 1.29 is 9.59 Å². The molecule has 0 aliphatic carbocycles. The molecule has 2 amide bonds. The highest BCUT2D eigenvalue weighted by molar-refractivity contribution is 5.84. The molecule has 1 aromatic heterocycles. The van der Waals surface area contributed by atoms with E-state index in [-0.39, 0.29) is 18.4 Å². The highest BCUT2D eigenvalue weighted by Gasteiger charge is 2.24. The first-order valence-electron chi connectivity index (χ1n) is 9.28. The van der Waals surface area contributed by atoms with Gasteiger partial charge in [-0.25, -0.2) is 0 Å². The fourth-order valence-corrected chi connectivity index (χ4v) is 3.27. The Balaban J connectivity index is 1.55. The number of hydrogen-bond donors (Lipinski definition) is 0. The first-order chi connectivity index (χ1) is 13.0. The number of rotatable bonds is 5. The first kappa shape index (κ1) is 18.9. The van der Waals surface area contributed by atoms with E-state index >= 15 is 0 Å². The molecule has 142 valence electrons. The van der Waals surface area contributed by atoms with E-state index in [0.717, 1.165) is 18.8 Å². The molecule has 1 aromatic carbocycles. The smallest absolute Gasteiger partial charge is 0.242 e. The van der Waals surface area contributed by atoms with Crippen LogP contribution >= 0.6 is 0 Å². The van der Waals surface area contributed by atoms with Crippen LogP contribution in [-0.4, -0.2) is 59.3 Å². The molecule has 27 heavy (non-hydrogen) atoms. The molecular weight excluding hydrogens is 340 g/mol. The molecule has 0 spiro atoms. The van der Waals surface area contributed by atoms with Crippen LogP contribution in [0.25, 0.3) is 0 Å². The lowest BCUT2D eigenvalue weighted by atomic mass is 10.2. The van der Waals surface area contributed by atoms with Crippen molar-refractivity contribution in [2.45, 2.75) is 20.4 Å². The van der Waals surface area contributed by atoms with E-state index in [4.69, 9.17) is 0 Å². The lowest BCUT2D eigenvalue weighted by Gasteiger charge is -2.37. The van der Waals surface area contributed by atoms with Gasteiger partial charge in [-0.05, 0) is 36.8 Å². The Morgan fingerprint density at radius 1 is 1.07 bits per heavy atom. The summed E-state index contributed by atoms with van der Waals surface area (Å²) in [5, 5.41) is 0. The molecule has 0 atom stereocenters. The summed E-state index contributed by atoms with van der Waals surface area (Å²) in [4.78, 5) is 34.6. The average molecular weight is 366 g/mol. The molecule has 3 rings (SSSR count). The fraction of sp³-hybridized carbons (Fsp3) is 0.381. The third kappa shape index (κ3) is 5.06. The Bertz CT molecular complexity index is 786. The number of pyridine rings is 1. The molecule has 2 heterocycles. The zero-order valence-electron chi connectivity index (χ0n) is 16.0. The van der Waals surface area contributed by atoms with Crippen molar-refractivity contribution in [3.05, 3.63) is 59.9 Å². The lowest BCUT2D eigenvalue weighted by Crippen LogP contribution is -2.51. The standard InChI is InChI=1S/C21H26N4O2/c1-17-6-5-8-20(14-17)23-10-12-24(13-11-23)21(27)16-25(18(2)26)15-19-7-3-4-9-22-19/h3-9,14H,10-13,15-16H2,1-2H3. The minimum absolute atomic E-state index is 0.00924. The normalized spacial score (nSPS) is 14.1. The first-order valence-corrected chi connectivity index (χ1v) is 9.28. The van der Waals surface area contributed by atoms with Gasteiger partial charge in [-0.15, -0.1) is 0 Å². The lowest BCUT2D eigenvalue weighted by molar-refractivity contribution is -0.140. The third-order valence-electron chi connectivity index (χ3n) is 4.85. The molecule has 0 radical (unpaired) electrons. The number of aryl methyl sites for hydroxylation is 1. The highest BCUT2D eigenvalue weighted by Crippen LogP contribution is 2.18. The van der Waals surface area contributed by atoms with Crippen LogP contribution in [0.2, 0.25) is 0 Å². The number of aromatic nitrogens is 1. The van der Waals surface area contributed by atoms with E-state index in [2.05, 4.69) is 41.1 Å². The van der Waals surface area contributed by atoms with E-state index in [0.29, 0.717) is 19.6 Å². The van der Waals surface area contributed by atoms with Gasteiger partial charge in [0.1, 0.15) is 6.54 Å². The van der Waals surface area contributed by atoms with Crippen LogP contribution < -0.4 is 4.90 Å². The van der Waals surface area contributed by atoms with Gasteiger partial charge in [0.05, 0.1) is 12.2 Å². The van der Waals surface area contributed by atoms with Crippen molar-refractivity contribution >= 4 is 17.5 Å². The summed E-state index contributed by atoms with van der Waals surface area (Å²) in [7, 11) is 0. The van der Waals surface area contributed by atoms with Crippen LogP contribution in [0.4, 0.5) is 5.69 Å². The predicted octanol–water partition coefficient (Wildman–Crippen LogP) is 2.09. The monoisotopic (exact) mass is 366 g/mol. The predicted molar refractivity (Wildman–Crippen MR) is 105 cm³/mol. The summed E-state index contributed by atoms with van der Waals surface area (Å²) in [5.41, 5.74) is 3.21. The van der Waals surface area contributed by atoms with Crippen LogP contribution in [0.3, 0.4) is 0 Å². The number of nitrogens with zero attached hydrogens (tertiary/aromatic N) is 4. The van der Waals surface area contributed by atoms with Gasteiger partial charge in [0.25, 0.3) is 0 Å². The van der Waals surface area contributed by atoms with E-state index in [1.807, 2.05) is 23.1 Å². The van der Waals surface area contributed by atoms with E-state index < -0.39 is 0 Å². The number of hydrogen-bond acceptors (Lipinski definition) is 4.